The zero-order valence-electron chi connectivity index (χ0n) is 12.6. The minimum absolute atomic E-state index is 0.228. The van der Waals surface area contributed by atoms with E-state index < -0.39 is 0 Å². The number of carbonyl (C=O) groups is 1. The Bertz CT molecular complexity index is 807. The van der Waals surface area contributed by atoms with E-state index in [-0.39, 0.29) is 5.91 Å². The van der Waals surface area contributed by atoms with E-state index in [1.807, 2.05) is 24.3 Å². The number of anilines is 2. The molecule has 6 nitrogen and oxygen atoms in total. The molecular weight excluding hydrogens is 370 g/mol. The molecule has 24 heavy (non-hydrogen) atoms. The largest absolute Gasteiger partial charge is 0.365 e. The Labute approximate surface area is 147 Å². The summed E-state index contributed by atoms with van der Waals surface area (Å²) in [6.45, 7) is 0.627. The van der Waals surface area contributed by atoms with E-state index in [1.165, 1.54) is 0 Å². The van der Waals surface area contributed by atoms with E-state index in [0.29, 0.717) is 23.7 Å². The van der Waals surface area contributed by atoms with E-state index in [9.17, 15) is 4.79 Å². The molecule has 3 aromatic rings. The predicted octanol–water partition coefficient (Wildman–Crippen LogP) is 3.50. The lowest BCUT2D eigenvalue weighted by Gasteiger charge is -2.07. The van der Waals surface area contributed by atoms with Crippen LogP contribution in [0.15, 0.2) is 65.4 Å². The number of hydrogen-bond donors (Lipinski definition) is 2. The Kier molecular flexibility index (Phi) is 5.12. The summed E-state index contributed by atoms with van der Waals surface area (Å²) in [7, 11) is 0. The smallest absolute Gasteiger partial charge is 0.256 e. The van der Waals surface area contributed by atoms with Gasteiger partial charge in [-0.15, -0.1) is 10.2 Å². The van der Waals surface area contributed by atoms with Crippen LogP contribution in [0.2, 0.25) is 0 Å². The van der Waals surface area contributed by atoms with Crippen LogP contribution < -0.4 is 10.6 Å². The summed E-state index contributed by atoms with van der Waals surface area (Å²) in [4.78, 5) is 16.1. The Morgan fingerprint density at radius 2 is 1.58 bits per heavy atom. The first-order chi connectivity index (χ1) is 11.7. The second-order valence-corrected chi connectivity index (χ2v) is 5.89. The number of benzene rings is 1. The maximum Gasteiger partial charge on any atom is 0.256 e. The van der Waals surface area contributed by atoms with E-state index in [1.54, 1.807) is 36.7 Å². The summed E-state index contributed by atoms with van der Waals surface area (Å²) >= 11 is 3.34. The molecule has 2 heterocycles. The molecule has 0 bridgehead atoms. The van der Waals surface area contributed by atoms with Crippen molar-refractivity contribution in [2.45, 2.75) is 6.54 Å². The fourth-order valence-corrected chi connectivity index (χ4v) is 2.24. The van der Waals surface area contributed by atoms with Crippen LogP contribution in [-0.2, 0) is 6.54 Å². The molecule has 1 aromatic carbocycles. The number of hydrogen-bond acceptors (Lipinski definition) is 5. The van der Waals surface area contributed by atoms with Gasteiger partial charge in [-0.1, -0.05) is 15.9 Å². The predicted molar refractivity (Wildman–Crippen MR) is 95.7 cm³/mol. The lowest BCUT2D eigenvalue weighted by Crippen LogP contribution is -2.13. The molecule has 1 amide bonds. The number of nitrogens with zero attached hydrogens (tertiary/aromatic N) is 3. The summed E-state index contributed by atoms with van der Waals surface area (Å²) in [6, 6.07) is 14.4. The molecule has 0 saturated heterocycles. The normalized spacial score (nSPS) is 10.2. The maximum absolute atomic E-state index is 12.1. The van der Waals surface area contributed by atoms with Gasteiger partial charge in [0.2, 0.25) is 0 Å². The molecule has 0 aliphatic carbocycles. The van der Waals surface area contributed by atoms with Gasteiger partial charge in [0.05, 0.1) is 0 Å². The van der Waals surface area contributed by atoms with Gasteiger partial charge in [-0.05, 0) is 54.1 Å². The third-order valence-corrected chi connectivity index (χ3v) is 3.76. The SMILES string of the molecule is O=C(Nc1ccc(NCc2ccncc2)nn1)c1ccc(Br)cc1. The topological polar surface area (TPSA) is 79.8 Å². The quantitative estimate of drug-likeness (QED) is 0.704. The lowest BCUT2D eigenvalue weighted by atomic mass is 10.2. The van der Waals surface area contributed by atoms with E-state index in [2.05, 4.69) is 41.7 Å². The van der Waals surface area contributed by atoms with E-state index in [4.69, 9.17) is 0 Å². The summed E-state index contributed by atoms with van der Waals surface area (Å²) in [5.41, 5.74) is 1.65. The maximum atomic E-state index is 12.1. The average molecular weight is 384 g/mol. The second-order valence-electron chi connectivity index (χ2n) is 4.97. The minimum atomic E-state index is -0.228. The fourth-order valence-electron chi connectivity index (χ4n) is 1.98. The lowest BCUT2D eigenvalue weighted by molar-refractivity contribution is 0.102. The molecule has 0 fully saturated rings. The Hall–Kier alpha value is -2.80. The molecule has 0 radical (unpaired) electrons. The number of carbonyl (C=O) groups excluding carboxylic acids is 1. The number of nitrogens with one attached hydrogen (secondary N) is 2. The van der Waals surface area contributed by atoms with Crippen LogP contribution in [0.3, 0.4) is 0 Å². The van der Waals surface area contributed by atoms with Crippen LogP contribution in [0.25, 0.3) is 0 Å². The van der Waals surface area contributed by atoms with Crippen LogP contribution >= 0.6 is 15.9 Å². The van der Waals surface area contributed by atoms with Gasteiger partial charge in [0, 0.05) is 29.0 Å². The van der Waals surface area contributed by atoms with Crippen molar-refractivity contribution in [1.29, 1.82) is 0 Å². The van der Waals surface area contributed by atoms with Gasteiger partial charge < -0.3 is 10.6 Å². The molecule has 0 spiro atoms. The van der Waals surface area contributed by atoms with Crippen molar-refractivity contribution in [1.82, 2.24) is 15.2 Å². The molecule has 0 saturated carbocycles. The Balaban J connectivity index is 1.58. The standard InChI is InChI=1S/C17H14BrN5O/c18-14-3-1-13(2-4-14)17(24)21-16-6-5-15(22-23-16)20-11-12-7-9-19-10-8-12/h1-10H,11H2,(H,20,22)(H,21,23,24). The highest BCUT2D eigenvalue weighted by molar-refractivity contribution is 9.10. The number of aromatic nitrogens is 3. The van der Waals surface area contributed by atoms with Crippen molar-refractivity contribution in [2.75, 3.05) is 10.6 Å². The van der Waals surface area contributed by atoms with Gasteiger partial charge >= 0.3 is 0 Å². The molecule has 0 unspecified atom stereocenters. The summed E-state index contributed by atoms with van der Waals surface area (Å²) in [6.07, 6.45) is 3.48. The van der Waals surface area contributed by atoms with Gasteiger partial charge in [-0.25, -0.2) is 0 Å². The van der Waals surface area contributed by atoms with E-state index >= 15 is 0 Å². The van der Waals surface area contributed by atoms with E-state index in [0.717, 1.165) is 10.0 Å². The van der Waals surface area contributed by atoms with Crippen molar-refractivity contribution >= 4 is 33.5 Å². The molecule has 3 rings (SSSR count). The number of halogens is 1. The van der Waals surface area contributed by atoms with Crippen molar-refractivity contribution in [2.24, 2.45) is 0 Å². The molecule has 2 aromatic heterocycles. The fraction of sp³-hybridized carbons (Fsp3) is 0.0588. The Morgan fingerprint density at radius 1 is 0.917 bits per heavy atom. The first kappa shape index (κ1) is 16.1. The highest BCUT2D eigenvalue weighted by Gasteiger charge is 2.07. The van der Waals surface area contributed by atoms with Crippen LogP contribution in [0, 0.1) is 0 Å². The van der Waals surface area contributed by atoms with Crippen molar-refractivity contribution < 1.29 is 4.79 Å². The molecule has 0 aliphatic heterocycles. The third kappa shape index (κ3) is 4.36. The van der Waals surface area contributed by atoms with Gasteiger partial charge in [0.1, 0.15) is 5.82 Å². The highest BCUT2D eigenvalue weighted by Crippen LogP contribution is 2.13. The summed E-state index contributed by atoms with van der Waals surface area (Å²) < 4.78 is 0.920. The number of amides is 1. The first-order valence-corrected chi connectivity index (χ1v) is 8.03. The van der Waals surface area contributed by atoms with Crippen LogP contribution in [0.4, 0.5) is 11.6 Å². The van der Waals surface area contributed by atoms with Crippen molar-refractivity contribution in [3.05, 3.63) is 76.5 Å². The average Bonchev–Trinajstić information content (AvgIpc) is 2.62. The zero-order chi connectivity index (χ0) is 16.8. The molecule has 7 heteroatoms. The summed E-state index contributed by atoms with van der Waals surface area (Å²) in [5.74, 6) is 0.806. The van der Waals surface area contributed by atoms with Crippen LogP contribution in [0.1, 0.15) is 15.9 Å². The van der Waals surface area contributed by atoms with Gasteiger partial charge in [-0.2, -0.15) is 0 Å². The van der Waals surface area contributed by atoms with Crippen molar-refractivity contribution in [3.63, 3.8) is 0 Å². The molecule has 0 atom stereocenters. The minimum Gasteiger partial charge on any atom is -0.365 e. The molecular formula is C17H14BrN5O. The summed E-state index contributed by atoms with van der Waals surface area (Å²) in [5, 5.41) is 13.9. The molecule has 2 N–H and O–H groups in total. The zero-order valence-corrected chi connectivity index (χ0v) is 14.2. The first-order valence-electron chi connectivity index (χ1n) is 7.24. The molecule has 120 valence electrons. The van der Waals surface area contributed by atoms with Gasteiger partial charge in [0.15, 0.2) is 5.82 Å². The van der Waals surface area contributed by atoms with Crippen molar-refractivity contribution in [3.8, 4) is 0 Å². The number of pyridine rings is 1. The van der Waals surface area contributed by atoms with Gasteiger partial charge in [0.25, 0.3) is 5.91 Å². The third-order valence-electron chi connectivity index (χ3n) is 3.24. The molecule has 0 aliphatic rings. The van der Waals surface area contributed by atoms with Crippen LogP contribution in [0.5, 0.6) is 0 Å². The van der Waals surface area contributed by atoms with Gasteiger partial charge in [-0.3, -0.25) is 9.78 Å². The monoisotopic (exact) mass is 383 g/mol. The Morgan fingerprint density at radius 3 is 2.25 bits per heavy atom. The number of rotatable bonds is 5. The second kappa shape index (κ2) is 7.65. The van der Waals surface area contributed by atoms with Crippen LogP contribution in [-0.4, -0.2) is 21.1 Å². The highest BCUT2D eigenvalue weighted by atomic mass is 79.9.